The normalized spacial score (nSPS) is 16.4. The number of anilines is 1. The zero-order valence-electron chi connectivity index (χ0n) is 16.5. The summed E-state index contributed by atoms with van der Waals surface area (Å²) in [6.07, 6.45) is 0. The van der Waals surface area contributed by atoms with Crippen LogP contribution in [0.25, 0.3) is 0 Å². The Balaban J connectivity index is 1.77. The van der Waals surface area contributed by atoms with Gasteiger partial charge in [0.2, 0.25) is 10.0 Å². The van der Waals surface area contributed by atoms with Crippen molar-refractivity contribution in [2.24, 2.45) is 0 Å². The number of sulfonamides is 1. The fraction of sp³-hybridized carbons (Fsp3) is 0.429. The second-order valence-electron chi connectivity index (χ2n) is 7.26. The van der Waals surface area contributed by atoms with Crippen molar-refractivity contribution >= 4 is 15.7 Å². The van der Waals surface area contributed by atoms with Crippen molar-refractivity contribution in [3.05, 3.63) is 58.7 Å². The van der Waals surface area contributed by atoms with Gasteiger partial charge in [-0.25, -0.2) is 13.1 Å². The predicted octanol–water partition coefficient (Wildman–Crippen LogP) is 3.49. The standard InChI is InChI=1S/C21H28N2O3S/c1-15-13-16(2)21(17(3)14-15)27(24,25)22-18(4)19-5-7-20(8-6-19)23-9-11-26-12-10-23/h5-8,13-14,18,22H,9-12H2,1-4H3. The zero-order chi connectivity index (χ0) is 19.6. The third-order valence-electron chi connectivity index (χ3n) is 4.97. The van der Waals surface area contributed by atoms with Crippen LogP contribution in [0.15, 0.2) is 41.3 Å². The van der Waals surface area contributed by atoms with E-state index in [0.717, 1.165) is 54.2 Å². The largest absolute Gasteiger partial charge is 0.378 e. The highest BCUT2D eigenvalue weighted by Crippen LogP contribution is 2.25. The number of aryl methyl sites for hydroxylation is 3. The van der Waals surface area contributed by atoms with E-state index >= 15 is 0 Å². The van der Waals surface area contributed by atoms with E-state index in [1.807, 2.05) is 64.1 Å². The Morgan fingerprint density at radius 2 is 1.56 bits per heavy atom. The quantitative estimate of drug-likeness (QED) is 0.852. The van der Waals surface area contributed by atoms with Crippen molar-refractivity contribution in [3.8, 4) is 0 Å². The molecule has 6 heteroatoms. The maximum absolute atomic E-state index is 12.9. The van der Waals surface area contributed by atoms with E-state index in [2.05, 4.69) is 9.62 Å². The van der Waals surface area contributed by atoms with Gasteiger partial charge in [-0.2, -0.15) is 0 Å². The Bertz CT molecular complexity index is 879. The first-order valence-corrected chi connectivity index (χ1v) is 10.8. The molecule has 3 rings (SSSR count). The van der Waals surface area contributed by atoms with Crippen molar-refractivity contribution in [2.75, 3.05) is 31.2 Å². The Kier molecular flexibility index (Phi) is 5.89. The zero-order valence-corrected chi connectivity index (χ0v) is 17.3. The van der Waals surface area contributed by atoms with Gasteiger partial charge >= 0.3 is 0 Å². The number of nitrogens with zero attached hydrogens (tertiary/aromatic N) is 1. The average molecular weight is 389 g/mol. The molecule has 1 aliphatic rings. The van der Waals surface area contributed by atoms with Crippen LogP contribution in [0.5, 0.6) is 0 Å². The van der Waals surface area contributed by atoms with Gasteiger partial charge < -0.3 is 9.64 Å². The summed E-state index contributed by atoms with van der Waals surface area (Å²) in [4.78, 5) is 2.66. The van der Waals surface area contributed by atoms with Crippen LogP contribution in [0.4, 0.5) is 5.69 Å². The molecule has 2 aromatic carbocycles. The van der Waals surface area contributed by atoms with E-state index in [1.54, 1.807) is 0 Å². The molecule has 0 radical (unpaired) electrons. The molecule has 5 nitrogen and oxygen atoms in total. The molecule has 146 valence electrons. The summed E-state index contributed by atoms with van der Waals surface area (Å²) < 4.78 is 34.1. The van der Waals surface area contributed by atoms with Crippen molar-refractivity contribution in [1.29, 1.82) is 0 Å². The van der Waals surface area contributed by atoms with Gasteiger partial charge in [0.25, 0.3) is 0 Å². The summed E-state index contributed by atoms with van der Waals surface area (Å²) in [7, 11) is -3.59. The molecule has 1 aliphatic heterocycles. The van der Waals surface area contributed by atoms with Crippen molar-refractivity contribution < 1.29 is 13.2 Å². The molecule has 1 heterocycles. The van der Waals surface area contributed by atoms with Crippen LogP contribution in [0.2, 0.25) is 0 Å². The molecule has 0 aliphatic carbocycles. The molecule has 0 saturated carbocycles. The first-order valence-electron chi connectivity index (χ1n) is 9.31. The molecule has 1 saturated heterocycles. The lowest BCUT2D eigenvalue weighted by atomic mass is 10.1. The van der Waals surface area contributed by atoms with Gasteiger partial charge in [-0.15, -0.1) is 0 Å². The molecular weight excluding hydrogens is 360 g/mol. The average Bonchev–Trinajstić information content (AvgIpc) is 2.61. The summed E-state index contributed by atoms with van der Waals surface area (Å²) in [5.74, 6) is 0. The lowest BCUT2D eigenvalue weighted by molar-refractivity contribution is 0.122. The predicted molar refractivity (Wildman–Crippen MR) is 109 cm³/mol. The Morgan fingerprint density at radius 1 is 1.00 bits per heavy atom. The molecule has 0 spiro atoms. The number of hydrogen-bond acceptors (Lipinski definition) is 4. The van der Waals surface area contributed by atoms with E-state index in [4.69, 9.17) is 4.74 Å². The van der Waals surface area contributed by atoms with E-state index in [-0.39, 0.29) is 6.04 Å². The topological polar surface area (TPSA) is 58.6 Å². The Labute approximate surface area is 162 Å². The maximum atomic E-state index is 12.9. The fourth-order valence-corrected chi connectivity index (χ4v) is 5.43. The number of nitrogens with one attached hydrogen (secondary N) is 1. The molecule has 0 amide bonds. The SMILES string of the molecule is Cc1cc(C)c(S(=O)(=O)NC(C)c2ccc(N3CCOCC3)cc2)c(C)c1. The maximum Gasteiger partial charge on any atom is 0.241 e. The van der Waals surface area contributed by atoms with Crippen molar-refractivity contribution in [3.63, 3.8) is 0 Å². The Morgan fingerprint density at radius 3 is 2.11 bits per heavy atom. The molecule has 2 aromatic rings. The highest BCUT2D eigenvalue weighted by molar-refractivity contribution is 7.89. The lowest BCUT2D eigenvalue weighted by Crippen LogP contribution is -2.36. The molecule has 0 bridgehead atoms. The summed E-state index contributed by atoms with van der Waals surface area (Å²) in [5.41, 5.74) is 4.70. The first kappa shape index (κ1) is 19.9. The summed E-state index contributed by atoms with van der Waals surface area (Å²) in [6, 6.07) is 11.6. The van der Waals surface area contributed by atoms with Gasteiger partial charge in [0.15, 0.2) is 0 Å². The van der Waals surface area contributed by atoms with E-state index in [0.29, 0.717) is 4.90 Å². The fourth-order valence-electron chi connectivity index (χ4n) is 3.75. The third kappa shape index (κ3) is 4.51. The van der Waals surface area contributed by atoms with Crippen LogP contribution < -0.4 is 9.62 Å². The third-order valence-corrected chi connectivity index (χ3v) is 6.82. The van der Waals surface area contributed by atoms with Crippen LogP contribution in [-0.2, 0) is 14.8 Å². The molecule has 1 atom stereocenters. The Hall–Kier alpha value is -1.89. The van der Waals surface area contributed by atoms with Crippen molar-refractivity contribution in [1.82, 2.24) is 4.72 Å². The molecular formula is C21H28N2O3S. The summed E-state index contributed by atoms with van der Waals surface area (Å²) >= 11 is 0. The molecule has 0 aromatic heterocycles. The second-order valence-corrected chi connectivity index (χ2v) is 8.91. The lowest BCUT2D eigenvalue weighted by Gasteiger charge is -2.29. The number of rotatable bonds is 5. The van der Waals surface area contributed by atoms with E-state index in [1.165, 1.54) is 0 Å². The number of benzene rings is 2. The van der Waals surface area contributed by atoms with Crippen molar-refractivity contribution in [2.45, 2.75) is 38.6 Å². The van der Waals surface area contributed by atoms with Gasteiger partial charge in [-0.1, -0.05) is 29.8 Å². The number of morpholine rings is 1. The highest BCUT2D eigenvalue weighted by atomic mass is 32.2. The number of hydrogen-bond donors (Lipinski definition) is 1. The first-order chi connectivity index (χ1) is 12.8. The van der Waals surface area contributed by atoms with E-state index in [9.17, 15) is 8.42 Å². The van der Waals surface area contributed by atoms with Crippen LogP contribution >= 0.6 is 0 Å². The number of ether oxygens (including phenoxy) is 1. The molecule has 1 unspecified atom stereocenters. The highest BCUT2D eigenvalue weighted by Gasteiger charge is 2.23. The minimum Gasteiger partial charge on any atom is -0.378 e. The van der Waals surface area contributed by atoms with E-state index < -0.39 is 10.0 Å². The van der Waals surface area contributed by atoms with Gasteiger partial charge in [-0.3, -0.25) is 0 Å². The van der Waals surface area contributed by atoms with Crippen LogP contribution in [-0.4, -0.2) is 34.7 Å². The van der Waals surface area contributed by atoms with Gasteiger partial charge in [0.05, 0.1) is 18.1 Å². The monoisotopic (exact) mass is 388 g/mol. The minimum atomic E-state index is -3.59. The smallest absolute Gasteiger partial charge is 0.241 e. The van der Waals surface area contributed by atoms with Gasteiger partial charge in [0.1, 0.15) is 0 Å². The van der Waals surface area contributed by atoms with Gasteiger partial charge in [0, 0.05) is 24.8 Å². The van der Waals surface area contributed by atoms with Crippen LogP contribution in [0.3, 0.4) is 0 Å². The summed E-state index contributed by atoms with van der Waals surface area (Å²) in [5, 5.41) is 0. The molecule has 1 N–H and O–H groups in total. The minimum absolute atomic E-state index is 0.311. The van der Waals surface area contributed by atoms with Crippen LogP contribution in [0.1, 0.15) is 35.2 Å². The second kappa shape index (κ2) is 8.00. The molecule has 1 fully saturated rings. The van der Waals surface area contributed by atoms with Crippen LogP contribution in [0, 0.1) is 20.8 Å². The molecule has 27 heavy (non-hydrogen) atoms. The summed E-state index contributed by atoms with van der Waals surface area (Å²) in [6.45, 7) is 10.8. The van der Waals surface area contributed by atoms with Gasteiger partial charge in [-0.05, 0) is 56.5 Å².